The van der Waals surface area contributed by atoms with Crippen LogP contribution >= 0.6 is 0 Å². The van der Waals surface area contributed by atoms with Crippen molar-refractivity contribution in [1.29, 1.82) is 0 Å². The van der Waals surface area contributed by atoms with Crippen LogP contribution in [0.4, 0.5) is 10.5 Å². The number of aliphatic carboxylic acids is 1. The van der Waals surface area contributed by atoms with Crippen molar-refractivity contribution in [3.63, 3.8) is 0 Å². The maximum atomic E-state index is 13.6. The number of carbonyl (C=O) groups is 10. The van der Waals surface area contributed by atoms with Crippen LogP contribution in [0.3, 0.4) is 0 Å². The number of alkyl carbamates (subject to hydrolysis) is 1. The molecule has 9 N–H and O–H groups in total. The lowest BCUT2D eigenvalue weighted by atomic mass is 9.96. The number of unbranched alkanes of at least 4 members (excludes halogenated alkanes) is 1. The second-order valence-corrected chi connectivity index (χ2v) is 22.2. The SMILES string of the molecule is COCCOCCOCCOCCOCCOCCOCCOCCOCCOCC(=O)NCCCC[C@H](NC(=O)CCCN1C(=O)C=CC1=O)C(=O)N[C@@H](C)C(=O)N[C@@H](C)C(=O)N[C@@H](C)C(=O)Nc1cc(C[C@@H](C[C@H](C)C(=O)O)NC(=O)OC(C)(C)C)ccc1O. The highest BCUT2D eigenvalue weighted by Crippen LogP contribution is 2.26. The zero-order chi connectivity index (χ0) is 68.1. The topological polar surface area (TPSA) is 400 Å². The van der Waals surface area contributed by atoms with E-state index < -0.39 is 95.1 Å². The molecule has 0 unspecified atom stereocenters. The molecule has 2 rings (SSSR count). The van der Waals surface area contributed by atoms with E-state index in [0.717, 1.165) is 17.1 Å². The number of phenols is 1. The summed E-state index contributed by atoms with van der Waals surface area (Å²) in [4.78, 5) is 128. The number of hydrogen-bond acceptors (Lipinski definition) is 22. The molecule has 0 fully saturated rings. The van der Waals surface area contributed by atoms with E-state index in [1.54, 1.807) is 27.9 Å². The Hall–Kier alpha value is -6.94. The van der Waals surface area contributed by atoms with Crippen LogP contribution in [0.5, 0.6) is 5.75 Å². The third-order valence-corrected chi connectivity index (χ3v) is 13.1. The normalized spacial score (nSPS) is 14.2. The van der Waals surface area contributed by atoms with Crippen molar-refractivity contribution in [1.82, 2.24) is 36.8 Å². The highest BCUT2D eigenvalue weighted by molar-refractivity contribution is 6.12. The minimum absolute atomic E-state index is 0.0286. The molecule has 0 radical (unpaired) electrons. The minimum Gasteiger partial charge on any atom is -0.506 e. The third-order valence-electron chi connectivity index (χ3n) is 13.1. The standard InChI is InChI=1S/C61H100N8O23/c1-42(59(79)80)38-47(66-60(81)92-61(5,6)7)39-46-14-15-50(70)49(40-46)68-57(77)45(4)64-55(75)43(2)63-56(76)44(3)65-58(78)48(67-51(71)13-11-19-69-53(73)16-17-54(69)74)12-9-10-18-62-52(72)41-91-37-36-90-35-34-89-33-32-88-31-30-87-29-28-86-27-26-85-25-24-84-23-22-83-21-20-82-8/h14-17,40,42-45,47-48,70H,9-13,18-39,41H2,1-8H3,(H,62,72)(H,63,76)(H,64,75)(H,65,78)(H,66,81)(H,67,71)(H,68,77)(H,79,80)/t42-,43-,44-,45-,47+,48-/m0/s1. The highest BCUT2D eigenvalue weighted by atomic mass is 16.6. The van der Waals surface area contributed by atoms with Gasteiger partial charge in [-0.2, -0.15) is 0 Å². The van der Waals surface area contributed by atoms with Gasteiger partial charge in [0.1, 0.15) is 42.1 Å². The number of aromatic hydroxyl groups is 1. The summed E-state index contributed by atoms with van der Waals surface area (Å²) in [5.74, 6) is -7.26. The van der Waals surface area contributed by atoms with Crippen molar-refractivity contribution >= 4 is 65.0 Å². The zero-order valence-corrected chi connectivity index (χ0v) is 54.6. The van der Waals surface area contributed by atoms with Crippen LogP contribution < -0.4 is 37.2 Å². The van der Waals surface area contributed by atoms with Crippen molar-refractivity contribution in [2.45, 2.75) is 129 Å². The van der Waals surface area contributed by atoms with E-state index in [-0.39, 0.29) is 82.4 Å². The summed E-state index contributed by atoms with van der Waals surface area (Å²) >= 11 is 0. The Kier molecular flexibility index (Phi) is 42.2. The smallest absolute Gasteiger partial charge is 0.407 e. The number of ether oxygens (including phenoxy) is 11. The maximum absolute atomic E-state index is 13.6. The minimum atomic E-state index is -1.24. The predicted molar refractivity (Wildman–Crippen MR) is 331 cm³/mol. The van der Waals surface area contributed by atoms with Crippen LogP contribution in [-0.2, 0) is 102 Å². The van der Waals surface area contributed by atoms with E-state index in [1.165, 1.54) is 45.9 Å². The molecule has 0 bridgehead atoms. The molecular formula is C61H100N8O23. The number of anilines is 1. The monoisotopic (exact) mass is 1310 g/mol. The van der Waals surface area contributed by atoms with Gasteiger partial charge >= 0.3 is 12.1 Å². The van der Waals surface area contributed by atoms with Gasteiger partial charge in [0.25, 0.3) is 11.8 Å². The lowest BCUT2D eigenvalue weighted by Crippen LogP contribution is -2.56. The molecular weight excluding hydrogens is 1210 g/mol. The second kappa shape index (κ2) is 47.9. The molecule has 0 spiro atoms. The van der Waals surface area contributed by atoms with E-state index in [9.17, 15) is 58.2 Å². The van der Waals surface area contributed by atoms with Gasteiger partial charge in [-0.25, -0.2) is 4.79 Å². The van der Waals surface area contributed by atoms with Crippen LogP contribution in [0.2, 0.25) is 0 Å². The van der Waals surface area contributed by atoms with E-state index in [2.05, 4.69) is 37.2 Å². The number of carbonyl (C=O) groups excluding carboxylic acids is 9. The average Bonchev–Trinajstić information content (AvgIpc) is 1.41. The van der Waals surface area contributed by atoms with E-state index >= 15 is 0 Å². The molecule has 31 heteroatoms. The summed E-state index contributed by atoms with van der Waals surface area (Å²) in [6.07, 6.45) is 2.37. The molecule has 0 aromatic heterocycles. The van der Waals surface area contributed by atoms with E-state index in [4.69, 9.17) is 52.1 Å². The number of phenolic OH excluding ortho intramolecular Hbond substituents is 1. The van der Waals surface area contributed by atoms with Gasteiger partial charge in [-0.15, -0.1) is 0 Å². The number of nitrogens with one attached hydrogen (secondary N) is 7. The fourth-order valence-electron chi connectivity index (χ4n) is 8.12. The maximum Gasteiger partial charge on any atom is 0.407 e. The number of benzene rings is 1. The molecule has 0 aliphatic carbocycles. The van der Waals surface area contributed by atoms with Crippen molar-refractivity contribution in [2.24, 2.45) is 5.92 Å². The Morgan fingerprint density at radius 2 is 1.01 bits per heavy atom. The van der Waals surface area contributed by atoms with Gasteiger partial charge in [0.15, 0.2) is 0 Å². The Balaban J connectivity index is 1.72. The molecule has 92 heavy (non-hydrogen) atoms. The summed E-state index contributed by atoms with van der Waals surface area (Å²) in [5, 5.41) is 38.3. The first-order valence-corrected chi connectivity index (χ1v) is 30.9. The van der Waals surface area contributed by atoms with Gasteiger partial charge in [-0.3, -0.25) is 48.1 Å². The summed E-state index contributed by atoms with van der Waals surface area (Å²) in [7, 11) is 1.62. The van der Waals surface area contributed by atoms with Gasteiger partial charge in [-0.1, -0.05) is 13.0 Å². The third kappa shape index (κ3) is 38.8. The lowest BCUT2D eigenvalue weighted by Gasteiger charge is -2.25. The molecule has 1 aromatic rings. The Bertz CT molecular complexity index is 2410. The first-order valence-electron chi connectivity index (χ1n) is 30.9. The van der Waals surface area contributed by atoms with Crippen molar-refractivity contribution in [2.75, 3.05) is 151 Å². The van der Waals surface area contributed by atoms with Gasteiger partial charge in [-0.05, 0) is 97.8 Å². The van der Waals surface area contributed by atoms with Crippen LogP contribution in [0.1, 0.15) is 92.6 Å². The molecule has 1 aliphatic rings. The molecule has 0 saturated heterocycles. The van der Waals surface area contributed by atoms with Crippen LogP contribution in [0.15, 0.2) is 30.4 Å². The molecule has 1 heterocycles. The number of amides is 9. The summed E-state index contributed by atoms with van der Waals surface area (Å²) in [5.41, 5.74) is -0.351. The number of carboxylic acid groups (broad SMARTS) is 1. The van der Waals surface area contributed by atoms with E-state index in [0.29, 0.717) is 124 Å². The van der Waals surface area contributed by atoms with Crippen LogP contribution in [0.25, 0.3) is 0 Å². The van der Waals surface area contributed by atoms with E-state index in [1.807, 2.05) is 0 Å². The van der Waals surface area contributed by atoms with Gasteiger partial charge in [0.05, 0.1) is 131 Å². The fourth-order valence-corrected chi connectivity index (χ4v) is 8.12. The zero-order valence-electron chi connectivity index (χ0n) is 54.6. The molecule has 522 valence electrons. The molecule has 0 saturated carbocycles. The lowest BCUT2D eigenvalue weighted by molar-refractivity contribution is -0.141. The van der Waals surface area contributed by atoms with Crippen LogP contribution in [-0.4, -0.2) is 256 Å². The van der Waals surface area contributed by atoms with Gasteiger partial charge in [0.2, 0.25) is 35.4 Å². The Labute approximate surface area is 538 Å². The molecule has 6 atom stereocenters. The average molecular weight is 1310 g/mol. The molecule has 1 aliphatic heterocycles. The highest BCUT2D eigenvalue weighted by Gasteiger charge is 2.29. The Morgan fingerprint density at radius 3 is 1.48 bits per heavy atom. The number of imide groups is 1. The first-order chi connectivity index (χ1) is 43.9. The molecule has 31 nitrogen and oxygen atoms in total. The summed E-state index contributed by atoms with van der Waals surface area (Å²) < 4.78 is 59.3. The quantitative estimate of drug-likeness (QED) is 0.0246. The van der Waals surface area contributed by atoms with Crippen LogP contribution in [0, 0.1) is 5.92 Å². The molecule has 9 amide bonds. The Morgan fingerprint density at radius 1 is 0.554 bits per heavy atom. The van der Waals surface area contributed by atoms with Crippen molar-refractivity contribution in [3.05, 3.63) is 35.9 Å². The second-order valence-electron chi connectivity index (χ2n) is 22.2. The summed E-state index contributed by atoms with van der Waals surface area (Å²) in [6.45, 7) is 18.0. The number of hydrogen-bond donors (Lipinski definition) is 9. The van der Waals surface area contributed by atoms with Gasteiger partial charge in [0, 0.05) is 44.8 Å². The van der Waals surface area contributed by atoms with Gasteiger partial charge < -0.3 is 99.5 Å². The first kappa shape index (κ1) is 81.2. The number of nitrogens with zero attached hydrogens (tertiary/aromatic N) is 1. The number of rotatable bonds is 53. The number of methoxy groups -OCH3 is 1. The van der Waals surface area contributed by atoms with Crippen molar-refractivity contribution < 1.29 is 110 Å². The summed E-state index contributed by atoms with van der Waals surface area (Å²) in [6, 6.07) is -1.28. The van der Waals surface area contributed by atoms with Crippen molar-refractivity contribution in [3.8, 4) is 5.75 Å². The number of carboxylic acids is 1. The predicted octanol–water partition coefficient (Wildman–Crippen LogP) is 0.664. The fraction of sp³-hybridized carbons (Fsp3) is 0.705. The molecule has 1 aromatic carbocycles. The largest absolute Gasteiger partial charge is 0.506 e.